The Labute approximate surface area is 116 Å². The third-order valence-corrected chi connectivity index (χ3v) is 3.35. The van der Waals surface area contributed by atoms with Crippen LogP contribution in [0.4, 0.5) is 10.1 Å². The maximum absolute atomic E-state index is 13.2. The quantitative estimate of drug-likeness (QED) is 0.713. The molecule has 100 valence electrons. The van der Waals surface area contributed by atoms with Crippen LogP contribution >= 0.6 is 15.9 Å². The minimum absolute atomic E-state index is 0.0479. The van der Waals surface area contributed by atoms with Crippen molar-refractivity contribution in [1.82, 2.24) is 0 Å². The van der Waals surface area contributed by atoms with Gasteiger partial charge in [-0.05, 0) is 40.5 Å². The van der Waals surface area contributed by atoms with Crippen molar-refractivity contribution in [2.45, 2.75) is 45.4 Å². The highest BCUT2D eigenvalue weighted by Gasteiger charge is 2.04. The van der Waals surface area contributed by atoms with Crippen molar-refractivity contribution in [3.63, 3.8) is 0 Å². The molecule has 0 spiro atoms. The van der Waals surface area contributed by atoms with Crippen LogP contribution in [-0.2, 0) is 4.79 Å². The van der Waals surface area contributed by atoms with Crippen LogP contribution in [0, 0.1) is 5.82 Å². The van der Waals surface area contributed by atoms with E-state index < -0.39 is 0 Å². The highest BCUT2D eigenvalue weighted by molar-refractivity contribution is 9.10. The number of benzene rings is 1. The minimum Gasteiger partial charge on any atom is -0.326 e. The van der Waals surface area contributed by atoms with Gasteiger partial charge >= 0.3 is 0 Å². The van der Waals surface area contributed by atoms with Gasteiger partial charge in [0.1, 0.15) is 5.82 Å². The van der Waals surface area contributed by atoms with Crippen molar-refractivity contribution in [3.05, 3.63) is 28.5 Å². The van der Waals surface area contributed by atoms with Gasteiger partial charge in [0.25, 0.3) is 0 Å². The molecule has 0 unspecified atom stereocenters. The summed E-state index contributed by atoms with van der Waals surface area (Å²) in [6.07, 6.45) is 6.07. The van der Waals surface area contributed by atoms with Gasteiger partial charge in [-0.2, -0.15) is 0 Å². The van der Waals surface area contributed by atoms with Gasteiger partial charge in [0.05, 0.1) is 4.47 Å². The fraction of sp³-hybridized carbons (Fsp3) is 0.500. The molecule has 0 atom stereocenters. The molecule has 1 rings (SSSR count). The van der Waals surface area contributed by atoms with Crippen LogP contribution in [0.1, 0.15) is 45.4 Å². The fourth-order valence-electron chi connectivity index (χ4n) is 1.69. The van der Waals surface area contributed by atoms with E-state index in [1.165, 1.54) is 25.3 Å². The number of amides is 1. The molecule has 0 aliphatic heterocycles. The molecule has 1 aromatic carbocycles. The number of rotatable bonds is 7. The van der Waals surface area contributed by atoms with E-state index in [0.29, 0.717) is 16.6 Å². The first kappa shape index (κ1) is 15.2. The molecule has 1 aromatic rings. The summed E-state index contributed by atoms with van der Waals surface area (Å²) in [7, 11) is 0. The van der Waals surface area contributed by atoms with Crippen molar-refractivity contribution < 1.29 is 9.18 Å². The smallest absolute Gasteiger partial charge is 0.224 e. The van der Waals surface area contributed by atoms with E-state index in [9.17, 15) is 9.18 Å². The lowest BCUT2D eigenvalue weighted by Gasteiger charge is -2.06. The summed E-state index contributed by atoms with van der Waals surface area (Å²) in [6, 6.07) is 4.59. The molecule has 4 heteroatoms. The minimum atomic E-state index is -0.365. The number of carbonyl (C=O) groups is 1. The van der Waals surface area contributed by atoms with Crippen LogP contribution in [0.2, 0.25) is 0 Å². The molecule has 0 saturated carbocycles. The second-order valence-corrected chi connectivity index (χ2v) is 5.20. The van der Waals surface area contributed by atoms with Gasteiger partial charge in [0.15, 0.2) is 0 Å². The lowest BCUT2D eigenvalue weighted by Crippen LogP contribution is -2.11. The highest BCUT2D eigenvalue weighted by Crippen LogP contribution is 2.19. The third kappa shape index (κ3) is 5.63. The molecule has 0 aromatic heterocycles. The first-order valence-electron chi connectivity index (χ1n) is 6.38. The van der Waals surface area contributed by atoms with E-state index in [-0.39, 0.29) is 11.7 Å². The lowest BCUT2D eigenvalue weighted by molar-refractivity contribution is -0.116. The summed E-state index contributed by atoms with van der Waals surface area (Å²) in [5.74, 6) is -0.413. The Hall–Kier alpha value is -0.900. The summed E-state index contributed by atoms with van der Waals surface area (Å²) in [6.45, 7) is 2.16. The molecule has 2 nitrogen and oxygen atoms in total. The van der Waals surface area contributed by atoms with E-state index in [1.54, 1.807) is 12.1 Å². The average Bonchev–Trinajstić information content (AvgIpc) is 2.34. The Morgan fingerprint density at radius 3 is 2.67 bits per heavy atom. The topological polar surface area (TPSA) is 29.1 Å². The van der Waals surface area contributed by atoms with E-state index in [0.717, 1.165) is 12.8 Å². The molecular formula is C14H19BrFNO. The van der Waals surface area contributed by atoms with E-state index in [1.807, 2.05) is 0 Å². The number of anilines is 1. The van der Waals surface area contributed by atoms with Crippen LogP contribution in [-0.4, -0.2) is 5.91 Å². The molecule has 0 heterocycles. The van der Waals surface area contributed by atoms with E-state index in [4.69, 9.17) is 0 Å². The molecule has 1 amide bonds. The van der Waals surface area contributed by atoms with Crippen LogP contribution < -0.4 is 5.32 Å². The fourth-order valence-corrected chi connectivity index (χ4v) is 1.93. The van der Waals surface area contributed by atoms with Crippen molar-refractivity contribution in [3.8, 4) is 0 Å². The summed E-state index contributed by atoms with van der Waals surface area (Å²) < 4.78 is 13.6. The second-order valence-electron chi connectivity index (χ2n) is 4.34. The number of halogens is 2. The Balaban J connectivity index is 2.29. The molecule has 1 N–H and O–H groups in total. The third-order valence-electron chi connectivity index (χ3n) is 2.71. The summed E-state index contributed by atoms with van der Waals surface area (Å²) in [4.78, 5) is 11.6. The monoisotopic (exact) mass is 315 g/mol. The molecule has 18 heavy (non-hydrogen) atoms. The maximum atomic E-state index is 13.2. The Morgan fingerprint density at radius 2 is 2.00 bits per heavy atom. The molecule has 0 radical (unpaired) electrons. The van der Waals surface area contributed by atoms with Gasteiger partial charge in [-0.3, -0.25) is 4.79 Å². The molecule has 0 bridgehead atoms. The second kappa shape index (κ2) is 8.25. The SMILES string of the molecule is CCCCCCCC(=O)Nc1ccc(Br)c(F)c1. The summed E-state index contributed by atoms with van der Waals surface area (Å²) in [5.41, 5.74) is 0.509. The van der Waals surface area contributed by atoms with Crippen molar-refractivity contribution in [2.75, 3.05) is 5.32 Å². The van der Waals surface area contributed by atoms with Crippen LogP contribution in [0.5, 0.6) is 0 Å². The predicted octanol–water partition coefficient (Wildman–Crippen LogP) is 4.89. The van der Waals surface area contributed by atoms with Crippen molar-refractivity contribution in [1.29, 1.82) is 0 Å². The van der Waals surface area contributed by atoms with Crippen LogP contribution in [0.15, 0.2) is 22.7 Å². The first-order valence-corrected chi connectivity index (χ1v) is 7.17. The van der Waals surface area contributed by atoms with Crippen molar-refractivity contribution in [2.24, 2.45) is 0 Å². The van der Waals surface area contributed by atoms with Gasteiger partial charge in [0.2, 0.25) is 5.91 Å². The Bertz CT molecular complexity index is 395. The van der Waals surface area contributed by atoms with Gasteiger partial charge in [0, 0.05) is 12.1 Å². The highest BCUT2D eigenvalue weighted by atomic mass is 79.9. The number of nitrogens with one attached hydrogen (secondary N) is 1. The summed E-state index contributed by atoms with van der Waals surface area (Å²) in [5, 5.41) is 2.70. The van der Waals surface area contributed by atoms with Gasteiger partial charge in [-0.25, -0.2) is 4.39 Å². The number of hydrogen-bond donors (Lipinski definition) is 1. The van der Waals surface area contributed by atoms with E-state index >= 15 is 0 Å². The van der Waals surface area contributed by atoms with E-state index in [2.05, 4.69) is 28.2 Å². The van der Waals surface area contributed by atoms with Crippen LogP contribution in [0.3, 0.4) is 0 Å². The largest absolute Gasteiger partial charge is 0.326 e. The molecule has 0 aliphatic carbocycles. The van der Waals surface area contributed by atoms with Gasteiger partial charge in [-0.1, -0.05) is 32.6 Å². The number of carbonyl (C=O) groups excluding carboxylic acids is 1. The summed E-state index contributed by atoms with van der Waals surface area (Å²) >= 11 is 3.07. The van der Waals surface area contributed by atoms with Crippen LogP contribution in [0.25, 0.3) is 0 Å². The molecule has 0 fully saturated rings. The molecule has 0 saturated heterocycles. The van der Waals surface area contributed by atoms with Gasteiger partial charge < -0.3 is 5.32 Å². The Kier molecular flexibility index (Phi) is 6.94. The zero-order valence-corrected chi connectivity index (χ0v) is 12.2. The average molecular weight is 316 g/mol. The normalized spacial score (nSPS) is 10.4. The number of unbranched alkanes of at least 4 members (excludes halogenated alkanes) is 4. The first-order chi connectivity index (χ1) is 8.63. The molecule has 0 aliphatic rings. The maximum Gasteiger partial charge on any atom is 0.224 e. The number of hydrogen-bond acceptors (Lipinski definition) is 1. The zero-order valence-electron chi connectivity index (χ0n) is 10.6. The predicted molar refractivity (Wildman–Crippen MR) is 76.1 cm³/mol. The Morgan fingerprint density at radius 1 is 1.28 bits per heavy atom. The standard InChI is InChI=1S/C14H19BrFNO/c1-2-3-4-5-6-7-14(18)17-11-8-9-12(15)13(16)10-11/h8-10H,2-7H2,1H3,(H,17,18). The van der Waals surface area contributed by atoms with Crippen molar-refractivity contribution >= 4 is 27.5 Å². The molecular weight excluding hydrogens is 297 g/mol. The lowest BCUT2D eigenvalue weighted by atomic mass is 10.1. The zero-order chi connectivity index (χ0) is 13.4. The van der Waals surface area contributed by atoms with Gasteiger partial charge in [-0.15, -0.1) is 0 Å².